The zero-order chi connectivity index (χ0) is 18.8. The van der Waals surface area contributed by atoms with Gasteiger partial charge in [-0.2, -0.15) is 0 Å². The number of hydrogen-bond donors (Lipinski definition) is 1. The lowest BCUT2D eigenvalue weighted by atomic mass is 9.90. The highest BCUT2D eigenvalue weighted by atomic mass is 35.5. The summed E-state index contributed by atoms with van der Waals surface area (Å²) in [4.78, 5) is 17.6. The number of rotatable bonds is 4. The van der Waals surface area contributed by atoms with Crippen LogP contribution < -0.4 is 5.32 Å². The molecule has 0 spiro atoms. The smallest absolute Gasteiger partial charge is 0.238 e. The number of amides is 1. The van der Waals surface area contributed by atoms with Crippen LogP contribution in [0.5, 0.6) is 0 Å². The van der Waals surface area contributed by atoms with Crippen molar-refractivity contribution in [3.05, 3.63) is 94.0 Å². The average molecular weight is 413 g/mol. The first kappa shape index (κ1) is 18.0. The summed E-state index contributed by atoms with van der Waals surface area (Å²) in [5.74, 6) is -0.577. The Morgan fingerprint density at radius 2 is 1.52 bits per heavy atom. The monoisotopic (exact) mass is 412 g/mol. The summed E-state index contributed by atoms with van der Waals surface area (Å²) in [7, 11) is 0. The number of carbonyl (C=O) groups is 1. The van der Waals surface area contributed by atoms with Crippen molar-refractivity contribution >= 4 is 55.8 Å². The van der Waals surface area contributed by atoms with Crippen LogP contribution in [0.2, 0.25) is 10.0 Å². The molecule has 0 aliphatic rings. The van der Waals surface area contributed by atoms with Crippen molar-refractivity contribution in [2.45, 2.75) is 5.92 Å². The number of halogens is 2. The summed E-state index contributed by atoms with van der Waals surface area (Å²) >= 11 is 13.6. The standard InChI is InChI=1S/C21H14Cl2N2OS/c22-15-11-16(23)19-17(12-15)27-21(24-19)25-20(26)18(13-7-3-1-4-8-13)14-9-5-2-6-10-14/h1-12,18H,(H,24,25,26). The zero-order valence-electron chi connectivity index (χ0n) is 14.0. The predicted molar refractivity (Wildman–Crippen MR) is 113 cm³/mol. The van der Waals surface area contributed by atoms with Crippen molar-refractivity contribution in [2.24, 2.45) is 0 Å². The molecule has 1 amide bonds. The Bertz CT molecular complexity index is 1060. The second kappa shape index (κ2) is 7.69. The minimum Gasteiger partial charge on any atom is -0.301 e. The van der Waals surface area contributed by atoms with E-state index in [-0.39, 0.29) is 5.91 Å². The number of anilines is 1. The van der Waals surface area contributed by atoms with E-state index in [2.05, 4.69) is 10.3 Å². The Morgan fingerprint density at radius 1 is 0.926 bits per heavy atom. The molecule has 0 aliphatic carbocycles. The fourth-order valence-electron chi connectivity index (χ4n) is 2.97. The maximum absolute atomic E-state index is 13.1. The molecule has 4 rings (SSSR count). The molecule has 6 heteroatoms. The molecule has 1 N–H and O–H groups in total. The summed E-state index contributed by atoms with van der Waals surface area (Å²) in [5, 5.41) is 4.45. The molecule has 0 unspecified atom stereocenters. The van der Waals surface area contributed by atoms with Crippen LogP contribution in [0.15, 0.2) is 72.8 Å². The van der Waals surface area contributed by atoms with Crippen molar-refractivity contribution in [1.29, 1.82) is 0 Å². The number of thiazole rings is 1. The van der Waals surface area contributed by atoms with Crippen LogP contribution in [0.1, 0.15) is 17.0 Å². The Balaban J connectivity index is 1.69. The molecule has 4 aromatic rings. The number of fused-ring (bicyclic) bond motifs is 1. The van der Waals surface area contributed by atoms with Crippen LogP contribution in [0, 0.1) is 0 Å². The lowest BCUT2D eigenvalue weighted by molar-refractivity contribution is -0.116. The molecule has 134 valence electrons. The van der Waals surface area contributed by atoms with Gasteiger partial charge in [0.05, 0.1) is 15.6 Å². The minimum absolute atomic E-state index is 0.145. The van der Waals surface area contributed by atoms with Crippen LogP contribution >= 0.6 is 34.5 Å². The fourth-order valence-corrected chi connectivity index (χ4v) is 4.57. The van der Waals surface area contributed by atoms with Gasteiger partial charge in [0.15, 0.2) is 5.13 Å². The summed E-state index contributed by atoms with van der Waals surface area (Å²) in [6.07, 6.45) is 0. The maximum Gasteiger partial charge on any atom is 0.238 e. The predicted octanol–water partition coefficient (Wildman–Crippen LogP) is 6.37. The summed E-state index contributed by atoms with van der Waals surface area (Å²) in [5.41, 5.74) is 2.48. The number of hydrogen-bond acceptors (Lipinski definition) is 3. The van der Waals surface area contributed by atoms with E-state index in [1.807, 2.05) is 60.7 Å². The summed E-state index contributed by atoms with van der Waals surface area (Å²) < 4.78 is 0.832. The lowest BCUT2D eigenvalue weighted by Gasteiger charge is -2.16. The second-order valence-electron chi connectivity index (χ2n) is 6.00. The molecule has 0 saturated carbocycles. The van der Waals surface area contributed by atoms with Gasteiger partial charge in [-0.15, -0.1) is 0 Å². The van der Waals surface area contributed by atoms with Crippen molar-refractivity contribution in [1.82, 2.24) is 4.98 Å². The third kappa shape index (κ3) is 3.83. The van der Waals surface area contributed by atoms with Gasteiger partial charge >= 0.3 is 0 Å². The maximum atomic E-state index is 13.1. The molecule has 3 nitrogen and oxygen atoms in total. The van der Waals surface area contributed by atoms with Gasteiger partial charge < -0.3 is 5.32 Å². The van der Waals surface area contributed by atoms with E-state index in [1.54, 1.807) is 12.1 Å². The minimum atomic E-state index is -0.432. The molecule has 0 saturated heterocycles. The molecule has 0 atom stereocenters. The van der Waals surface area contributed by atoms with Crippen molar-refractivity contribution < 1.29 is 4.79 Å². The Morgan fingerprint density at radius 3 is 2.11 bits per heavy atom. The highest BCUT2D eigenvalue weighted by Crippen LogP contribution is 2.34. The molecule has 1 heterocycles. The second-order valence-corrected chi connectivity index (χ2v) is 7.87. The molecular formula is C21H14Cl2N2OS. The molecule has 3 aromatic carbocycles. The Labute approximate surface area is 170 Å². The third-order valence-corrected chi connectivity index (χ3v) is 5.60. The highest BCUT2D eigenvalue weighted by molar-refractivity contribution is 7.22. The molecule has 0 fully saturated rings. The van der Waals surface area contributed by atoms with Gasteiger partial charge in [0.1, 0.15) is 5.52 Å². The van der Waals surface area contributed by atoms with Crippen LogP contribution in [-0.2, 0) is 4.79 Å². The molecule has 0 radical (unpaired) electrons. The first-order chi connectivity index (χ1) is 13.1. The number of benzene rings is 3. The summed E-state index contributed by atoms with van der Waals surface area (Å²) in [6.45, 7) is 0. The molecule has 1 aromatic heterocycles. The third-order valence-electron chi connectivity index (χ3n) is 4.17. The molecule has 0 bridgehead atoms. The topological polar surface area (TPSA) is 42.0 Å². The first-order valence-corrected chi connectivity index (χ1v) is 9.85. The molecule has 0 aliphatic heterocycles. The summed E-state index contributed by atoms with van der Waals surface area (Å²) in [6, 6.07) is 22.8. The fraction of sp³-hybridized carbons (Fsp3) is 0.0476. The van der Waals surface area contributed by atoms with Gasteiger partial charge in [-0.25, -0.2) is 4.98 Å². The molecule has 27 heavy (non-hydrogen) atoms. The van der Waals surface area contributed by atoms with Gasteiger partial charge in [0.2, 0.25) is 5.91 Å². The van der Waals surface area contributed by atoms with E-state index in [0.29, 0.717) is 20.7 Å². The van der Waals surface area contributed by atoms with Crippen LogP contribution in [-0.4, -0.2) is 10.9 Å². The largest absolute Gasteiger partial charge is 0.301 e. The number of nitrogens with zero attached hydrogens (tertiary/aromatic N) is 1. The van der Waals surface area contributed by atoms with Crippen LogP contribution in [0.4, 0.5) is 5.13 Å². The van der Waals surface area contributed by atoms with Gasteiger partial charge in [-0.1, -0.05) is 95.2 Å². The van der Waals surface area contributed by atoms with Gasteiger partial charge in [0.25, 0.3) is 0 Å². The van der Waals surface area contributed by atoms with E-state index in [9.17, 15) is 4.79 Å². The van der Waals surface area contributed by atoms with Crippen molar-refractivity contribution in [3.63, 3.8) is 0 Å². The lowest BCUT2D eigenvalue weighted by Crippen LogP contribution is -2.22. The van der Waals surface area contributed by atoms with E-state index in [0.717, 1.165) is 15.8 Å². The van der Waals surface area contributed by atoms with E-state index >= 15 is 0 Å². The number of carbonyl (C=O) groups excluding carboxylic acids is 1. The Hall–Kier alpha value is -2.40. The highest BCUT2D eigenvalue weighted by Gasteiger charge is 2.23. The molecular weight excluding hydrogens is 399 g/mol. The van der Waals surface area contributed by atoms with E-state index in [4.69, 9.17) is 23.2 Å². The quantitative estimate of drug-likeness (QED) is 0.422. The zero-order valence-corrected chi connectivity index (χ0v) is 16.4. The van der Waals surface area contributed by atoms with E-state index < -0.39 is 5.92 Å². The van der Waals surface area contributed by atoms with Gasteiger partial charge in [-0.05, 0) is 23.3 Å². The van der Waals surface area contributed by atoms with Crippen LogP contribution in [0.25, 0.3) is 10.2 Å². The average Bonchev–Trinajstić information content (AvgIpc) is 3.06. The van der Waals surface area contributed by atoms with Crippen molar-refractivity contribution in [2.75, 3.05) is 5.32 Å². The number of aromatic nitrogens is 1. The van der Waals surface area contributed by atoms with Crippen LogP contribution in [0.3, 0.4) is 0 Å². The van der Waals surface area contributed by atoms with Gasteiger partial charge in [0, 0.05) is 5.02 Å². The first-order valence-electron chi connectivity index (χ1n) is 8.28. The normalized spacial score (nSPS) is 11.1. The van der Waals surface area contributed by atoms with E-state index in [1.165, 1.54) is 11.3 Å². The number of nitrogens with one attached hydrogen (secondary N) is 1. The van der Waals surface area contributed by atoms with Crippen molar-refractivity contribution in [3.8, 4) is 0 Å². The Kier molecular flexibility index (Phi) is 5.12. The SMILES string of the molecule is O=C(Nc1nc2c(Cl)cc(Cl)cc2s1)C(c1ccccc1)c1ccccc1. The van der Waals surface area contributed by atoms with Gasteiger partial charge in [-0.3, -0.25) is 4.79 Å².